The molecule has 5 nitrogen and oxygen atoms in total. The van der Waals surface area contributed by atoms with Gasteiger partial charge in [-0.25, -0.2) is 0 Å². The maximum Gasteiger partial charge on any atom is 0.0843 e. The van der Waals surface area contributed by atoms with Crippen LogP contribution in [-0.4, -0.2) is 40.3 Å². The number of aryl methyl sites for hydroxylation is 1. The van der Waals surface area contributed by atoms with Gasteiger partial charge < -0.3 is 10.1 Å². The third kappa shape index (κ3) is 4.72. The van der Waals surface area contributed by atoms with Crippen LogP contribution in [0.15, 0.2) is 6.20 Å². The van der Waals surface area contributed by atoms with Gasteiger partial charge in [-0.15, -0.1) is 5.10 Å². The van der Waals surface area contributed by atoms with Gasteiger partial charge in [-0.2, -0.15) is 0 Å². The van der Waals surface area contributed by atoms with E-state index in [0.29, 0.717) is 6.61 Å². The molecule has 0 bridgehead atoms. The highest BCUT2D eigenvalue weighted by molar-refractivity contribution is 4.95. The Hall–Kier alpha value is -0.940. The Balaban J connectivity index is 2.43. The van der Waals surface area contributed by atoms with Gasteiger partial charge in [0.05, 0.1) is 17.9 Å². The van der Waals surface area contributed by atoms with E-state index in [2.05, 4.69) is 36.4 Å². The smallest absolute Gasteiger partial charge is 0.0843 e. The summed E-state index contributed by atoms with van der Waals surface area (Å²) in [6, 6.07) is 0.274. The van der Waals surface area contributed by atoms with E-state index in [1.54, 1.807) is 4.68 Å². The van der Waals surface area contributed by atoms with Crippen molar-refractivity contribution in [3.63, 3.8) is 0 Å². The minimum atomic E-state index is -0.0997. The molecule has 1 unspecified atom stereocenters. The van der Waals surface area contributed by atoms with Gasteiger partial charge in [0, 0.05) is 25.7 Å². The Bertz CT molecular complexity index is 316. The van der Waals surface area contributed by atoms with Crippen LogP contribution in [0.3, 0.4) is 0 Å². The third-order valence-electron chi connectivity index (χ3n) is 2.23. The first kappa shape index (κ1) is 13.1. The van der Waals surface area contributed by atoms with Crippen LogP contribution < -0.4 is 5.32 Å². The van der Waals surface area contributed by atoms with E-state index in [1.807, 2.05) is 20.3 Å². The van der Waals surface area contributed by atoms with Gasteiger partial charge in [0.2, 0.25) is 0 Å². The number of ether oxygens (including phenoxy) is 1. The van der Waals surface area contributed by atoms with Gasteiger partial charge in [-0.1, -0.05) is 5.21 Å². The molecule has 92 valence electrons. The summed E-state index contributed by atoms with van der Waals surface area (Å²) in [6.07, 6.45) is 2.77. The van der Waals surface area contributed by atoms with Crippen molar-refractivity contribution >= 4 is 0 Å². The lowest BCUT2D eigenvalue weighted by atomic mass is 10.1. The number of hydrogen-bond acceptors (Lipinski definition) is 4. The topological polar surface area (TPSA) is 52.0 Å². The quantitative estimate of drug-likeness (QED) is 0.805. The van der Waals surface area contributed by atoms with Gasteiger partial charge in [-0.05, 0) is 27.8 Å². The Kier molecular flexibility index (Phi) is 4.44. The molecule has 1 heterocycles. The molecule has 0 aromatic carbocycles. The number of rotatable bonds is 5. The first-order valence-corrected chi connectivity index (χ1v) is 5.57. The van der Waals surface area contributed by atoms with Gasteiger partial charge in [0.25, 0.3) is 0 Å². The van der Waals surface area contributed by atoms with E-state index < -0.39 is 0 Å². The van der Waals surface area contributed by atoms with E-state index >= 15 is 0 Å². The molecule has 0 aliphatic rings. The van der Waals surface area contributed by atoms with E-state index in [4.69, 9.17) is 4.74 Å². The standard InChI is InChI=1S/C11H22N4O/c1-11(2,3)16-8-10(12-4)6-9-7-15(5)14-13-9/h7,10,12H,6,8H2,1-5H3. The van der Waals surface area contributed by atoms with Crippen LogP contribution in [-0.2, 0) is 18.2 Å². The maximum absolute atomic E-state index is 5.74. The predicted molar refractivity (Wildman–Crippen MR) is 63.3 cm³/mol. The van der Waals surface area contributed by atoms with Crippen LogP contribution in [0.1, 0.15) is 26.5 Å². The fraction of sp³-hybridized carbons (Fsp3) is 0.818. The largest absolute Gasteiger partial charge is 0.374 e. The fourth-order valence-corrected chi connectivity index (χ4v) is 1.34. The zero-order valence-corrected chi connectivity index (χ0v) is 10.8. The molecule has 5 heteroatoms. The number of nitrogens with one attached hydrogen (secondary N) is 1. The van der Waals surface area contributed by atoms with Gasteiger partial charge in [0.1, 0.15) is 0 Å². The lowest BCUT2D eigenvalue weighted by Crippen LogP contribution is -2.36. The second-order valence-corrected chi connectivity index (χ2v) is 5.00. The molecular formula is C11H22N4O. The van der Waals surface area contributed by atoms with Crippen molar-refractivity contribution in [3.05, 3.63) is 11.9 Å². The van der Waals surface area contributed by atoms with Crippen molar-refractivity contribution in [2.24, 2.45) is 7.05 Å². The van der Waals surface area contributed by atoms with Crippen molar-refractivity contribution < 1.29 is 4.74 Å². The third-order valence-corrected chi connectivity index (χ3v) is 2.23. The summed E-state index contributed by atoms with van der Waals surface area (Å²) >= 11 is 0. The summed E-state index contributed by atoms with van der Waals surface area (Å²) in [5.74, 6) is 0. The summed E-state index contributed by atoms with van der Waals surface area (Å²) in [5, 5.41) is 11.2. The van der Waals surface area contributed by atoms with E-state index in [-0.39, 0.29) is 11.6 Å². The van der Waals surface area contributed by atoms with Crippen molar-refractivity contribution in [2.45, 2.75) is 38.8 Å². The molecule has 1 N–H and O–H groups in total. The number of likely N-dealkylation sites (N-methyl/N-ethyl adjacent to an activating group) is 1. The molecule has 16 heavy (non-hydrogen) atoms. The zero-order chi connectivity index (χ0) is 12.2. The molecule has 0 spiro atoms. The van der Waals surface area contributed by atoms with Crippen LogP contribution in [0.25, 0.3) is 0 Å². The maximum atomic E-state index is 5.74. The summed E-state index contributed by atoms with van der Waals surface area (Å²) in [6.45, 7) is 6.85. The van der Waals surface area contributed by atoms with E-state index in [0.717, 1.165) is 12.1 Å². The summed E-state index contributed by atoms with van der Waals surface area (Å²) in [5.41, 5.74) is 0.886. The Morgan fingerprint density at radius 2 is 2.19 bits per heavy atom. The Morgan fingerprint density at radius 1 is 1.50 bits per heavy atom. The van der Waals surface area contributed by atoms with Crippen molar-refractivity contribution in [1.29, 1.82) is 0 Å². The van der Waals surface area contributed by atoms with Crippen LogP contribution in [0.5, 0.6) is 0 Å². The molecular weight excluding hydrogens is 204 g/mol. The first-order valence-electron chi connectivity index (χ1n) is 5.57. The van der Waals surface area contributed by atoms with Gasteiger partial charge in [0.15, 0.2) is 0 Å². The Morgan fingerprint density at radius 3 is 2.62 bits per heavy atom. The van der Waals surface area contributed by atoms with Crippen LogP contribution in [0, 0.1) is 0 Å². The molecule has 0 fully saturated rings. The minimum Gasteiger partial charge on any atom is -0.374 e. The van der Waals surface area contributed by atoms with Crippen molar-refractivity contribution in [3.8, 4) is 0 Å². The van der Waals surface area contributed by atoms with E-state index in [9.17, 15) is 0 Å². The highest BCUT2D eigenvalue weighted by Crippen LogP contribution is 2.08. The summed E-state index contributed by atoms with van der Waals surface area (Å²) in [7, 11) is 3.81. The van der Waals surface area contributed by atoms with Crippen LogP contribution >= 0.6 is 0 Å². The molecule has 1 aromatic heterocycles. The second-order valence-electron chi connectivity index (χ2n) is 5.00. The molecule has 0 saturated heterocycles. The summed E-state index contributed by atoms with van der Waals surface area (Å²) in [4.78, 5) is 0. The predicted octanol–water partition coefficient (Wildman–Crippen LogP) is 0.761. The lowest BCUT2D eigenvalue weighted by molar-refractivity contribution is -0.0135. The van der Waals surface area contributed by atoms with E-state index in [1.165, 1.54) is 0 Å². The zero-order valence-electron chi connectivity index (χ0n) is 10.8. The second kappa shape index (κ2) is 5.41. The molecule has 1 rings (SSSR count). The molecule has 0 aliphatic carbocycles. The molecule has 0 aliphatic heterocycles. The first-order chi connectivity index (χ1) is 7.40. The van der Waals surface area contributed by atoms with Crippen molar-refractivity contribution in [2.75, 3.05) is 13.7 Å². The molecule has 0 saturated carbocycles. The number of hydrogen-bond donors (Lipinski definition) is 1. The minimum absolute atomic E-state index is 0.0997. The fourth-order valence-electron chi connectivity index (χ4n) is 1.34. The monoisotopic (exact) mass is 226 g/mol. The van der Waals surface area contributed by atoms with Crippen molar-refractivity contribution in [1.82, 2.24) is 20.3 Å². The molecule has 0 radical (unpaired) electrons. The number of nitrogens with zero attached hydrogens (tertiary/aromatic N) is 3. The van der Waals surface area contributed by atoms with Crippen LogP contribution in [0.2, 0.25) is 0 Å². The normalized spacial score (nSPS) is 14.1. The average molecular weight is 226 g/mol. The highest BCUT2D eigenvalue weighted by atomic mass is 16.5. The van der Waals surface area contributed by atoms with Gasteiger partial charge >= 0.3 is 0 Å². The highest BCUT2D eigenvalue weighted by Gasteiger charge is 2.15. The Labute approximate surface area is 97.2 Å². The lowest BCUT2D eigenvalue weighted by Gasteiger charge is -2.23. The molecule has 1 aromatic rings. The molecule has 1 atom stereocenters. The average Bonchev–Trinajstić information content (AvgIpc) is 2.57. The summed E-state index contributed by atoms with van der Waals surface area (Å²) < 4.78 is 7.46. The SMILES string of the molecule is CNC(COC(C)(C)C)Cc1cn(C)nn1. The van der Waals surface area contributed by atoms with Gasteiger partial charge in [-0.3, -0.25) is 4.68 Å². The molecule has 0 amide bonds. The number of aromatic nitrogens is 3. The van der Waals surface area contributed by atoms with Crippen LogP contribution in [0.4, 0.5) is 0 Å².